The molecule has 142 valence electrons. The van der Waals surface area contributed by atoms with Crippen LogP contribution in [0.2, 0.25) is 0 Å². The number of carbonyl (C=O) groups excluding carboxylic acids is 1. The Hall–Kier alpha value is -2.73. The summed E-state index contributed by atoms with van der Waals surface area (Å²) < 4.78 is 10.8. The van der Waals surface area contributed by atoms with Crippen LogP contribution in [0.1, 0.15) is 15.9 Å². The zero-order chi connectivity index (χ0) is 18.8. The van der Waals surface area contributed by atoms with Gasteiger partial charge in [0.1, 0.15) is 0 Å². The van der Waals surface area contributed by atoms with Gasteiger partial charge in [0.2, 0.25) is 6.79 Å². The first-order valence-electron chi connectivity index (χ1n) is 9.28. The number of benzene rings is 2. The van der Waals surface area contributed by atoms with Crippen molar-refractivity contribution >= 4 is 11.6 Å². The molecule has 2 aliphatic rings. The van der Waals surface area contributed by atoms with E-state index in [1.807, 2.05) is 60.3 Å². The van der Waals surface area contributed by atoms with Crippen LogP contribution >= 0.6 is 0 Å². The normalized spacial score (nSPS) is 16.4. The summed E-state index contributed by atoms with van der Waals surface area (Å²) in [6, 6.07) is 13.9. The minimum absolute atomic E-state index is 0.114. The van der Waals surface area contributed by atoms with E-state index in [0.717, 1.165) is 55.5 Å². The Morgan fingerprint density at radius 3 is 2.37 bits per heavy atom. The minimum Gasteiger partial charge on any atom is -0.454 e. The first-order chi connectivity index (χ1) is 13.1. The number of hydrogen-bond acceptors (Lipinski definition) is 5. The molecule has 6 nitrogen and oxygen atoms in total. The van der Waals surface area contributed by atoms with E-state index in [1.54, 1.807) is 0 Å². The van der Waals surface area contributed by atoms with E-state index < -0.39 is 0 Å². The fourth-order valence-corrected chi connectivity index (χ4v) is 3.49. The average molecular weight is 367 g/mol. The highest BCUT2D eigenvalue weighted by Crippen LogP contribution is 2.32. The third kappa shape index (κ3) is 3.85. The van der Waals surface area contributed by atoms with Crippen molar-refractivity contribution in [3.8, 4) is 11.5 Å². The summed E-state index contributed by atoms with van der Waals surface area (Å²) in [4.78, 5) is 19.1. The molecule has 0 radical (unpaired) electrons. The number of anilines is 1. The van der Waals surface area contributed by atoms with Crippen LogP contribution in [0.25, 0.3) is 0 Å². The van der Waals surface area contributed by atoms with Crippen LogP contribution in [0, 0.1) is 0 Å². The summed E-state index contributed by atoms with van der Waals surface area (Å²) in [6.45, 7) is 4.40. The van der Waals surface area contributed by atoms with E-state index >= 15 is 0 Å². The topological polar surface area (TPSA) is 45.3 Å². The van der Waals surface area contributed by atoms with Gasteiger partial charge in [0.25, 0.3) is 5.91 Å². The number of ether oxygens (including phenoxy) is 2. The summed E-state index contributed by atoms with van der Waals surface area (Å²) in [7, 11) is 3.99. The molecule has 2 aliphatic heterocycles. The summed E-state index contributed by atoms with van der Waals surface area (Å²) in [6.07, 6.45) is 0. The summed E-state index contributed by atoms with van der Waals surface area (Å²) >= 11 is 0. The zero-order valence-electron chi connectivity index (χ0n) is 15.9. The Balaban J connectivity index is 1.32. The molecule has 0 spiro atoms. The summed E-state index contributed by atoms with van der Waals surface area (Å²) in [5, 5.41) is 0. The highest BCUT2D eigenvalue weighted by Gasteiger charge is 2.23. The van der Waals surface area contributed by atoms with E-state index in [4.69, 9.17) is 9.47 Å². The van der Waals surface area contributed by atoms with E-state index in [2.05, 4.69) is 11.0 Å². The maximum Gasteiger partial charge on any atom is 0.253 e. The van der Waals surface area contributed by atoms with Crippen LogP contribution < -0.4 is 14.4 Å². The second-order valence-corrected chi connectivity index (χ2v) is 7.20. The molecule has 0 atom stereocenters. The molecule has 2 aromatic rings. The molecule has 2 aromatic carbocycles. The van der Waals surface area contributed by atoms with Crippen molar-refractivity contribution in [1.29, 1.82) is 0 Å². The largest absolute Gasteiger partial charge is 0.454 e. The molecule has 4 rings (SSSR count). The van der Waals surface area contributed by atoms with Crippen molar-refractivity contribution in [2.75, 3.05) is 52.0 Å². The molecular formula is C21H25N3O3. The Labute approximate surface area is 159 Å². The maximum absolute atomic E-state index is 12.7. The predicted molar refractivity (Wildman–Crippen MR) is 105 cm³/mol. The van der Waals surface area contributed by atoms with Crippen molar-refractivity contribution < 1.29 is 14.3 Å². The Morgan fingerprint density at radius 1 is 0.963 bits per heavy atom. The Bertz CT molecular complexity index is 812. The standard InChI is InChI=1S/C21H25N3O3/c1-22(2)18-6-4-17(5-7-18)21(25)24-11-9-23(10-12-24)14-16-3-8-19-20(13-16)27-15-26-19/h3-8,13H,9-12,14-15H2,1-2H3. The fourth-order valence-electron chi connectivity index (χ4n) is 3.49. The molecule has 1 saturated heterocycles. The highest BCUT2D eigenvalue weighted by atomic mass is 16.7. The van der Waals surface area contributed by atoms with Crippen molar-refractivity contribution in [3.63, 3.8) is 0 Å². The number of rotatable bonds is 4. The second kappa shape index (κ2) is 7.48. The molecule has 0 unspecified atom stereocenters. The molecule has 27 heavy (non-hydrogen) atoms. The third-order valence-electron chi connectivity index (χ3n) is 5.13. The highest BCUT2D eigenvalue weighted by molar-refractivity contribution is 5.94. The minimum atomic E-state index is 0.114. The number of piperazine rings is 1. The Kier molecular flexibility index (Phi) is 4.90. The van der Waals surface area contributed by atoms with Crippen molar-refractivity contribution in [2.45, 2.75) is 6.54 Å². The van der Waals surface area contributed by atoms with Gasteiger partial charge in [-0.2, -0.15) is 0 Å². The molecule has 1 amide bonds. The first kappa shape index (κ1) is 17.7. The van der Waals surface area contributed by atoms with Crippen LogP contribution in [0.4, 0.5) is 5.69 Å². The predicted octanol–water partition coefficient (Wildman–Crippen LogP) is 2.44. The lowest BCUT2D eigenvalue weighted by Crippen LogP contribution is -2.48. The summed E-state index contributed by atoms with van der Waals surface area (Å²) in [5.74, 6) is 1.75. The molecule has 2 heterocycles. The number of fused-ring (bicyclic) bond motifs is 1. The molecule has 0 N–H and O–H groups in total. The van der Waals surface area contributed by atoms with Crippen LogP contribution in [-0.2, 0) is 6.54 Å². The van der Waals surface area contributed by atoms with Crippen LogP contribution in [0.15, 0.2) is 42.5 Å². The van der Waals surface area contributed by atoms with Gasteiger partial charge >= 0.3 is 0 Å². The maximum atomic E-state index is 12.7. The number of carbonyl (C=O) groups is 1. The third-order valence-corrected chi connectivity index (χ3v) is 5.13. The molecule has 6 heteroatoms. The summed E-state index contributed by atoms with van der Waals surface area (Å²) in [5.41, 5.74) is 3.06. The van der Waals surface area contributed by atoms with Gasteiger partial charge in [0, 0.05) is 58.1 Å². The molecule has 0 aromatic heterocycles. The smallest absolute Gasteiger partial charge is 0.253 e. The lowest BCUT2D eigenvalue weighted by molar-refractivity contribution is 0.0628. The van der Waals surface area contributed by atoms with Crippen LogP contribution in [0.3, 0.4) is 0 Å². The fraction of sp³-hybridized carbons (Fsp3) is 0.381. The second-order valence-electron chi connectivity index (χ2n) is 7.20. The molecule has 1 fully saturated rings. The lowest BCUT2D eigenvalue weighted by atomic mass is 10.1. The van der Waals surface area contributed by atoms with E-state index in [-0.39, 0.29) is 5.91 Å². The monoisotopic (exact) mass is 367 g/mol. The van der Waals surface area contributed by atoms with E-state index in [0.29, 0.717) is 6.79 Å². The first-order valence-corrected chi connectivity index (χ1v) is 9.28. The Morgan fingerprint density at radius 2 is 1.67 bits per heavy atom. The van der Waals surface area contributed by atoms with Gasteiger partial charge in [0.05, 0.1) is 0 Å². The van der Waals surface area contributed by atoms with Crippen molar-refractivity contribution in [2.24, 2.45) is 0 Å². The molecule has 0 bridgehead atoms. The zero-order valence-corrected chi connectivity index (χ0v) is 15.9. The number of amides is 1. The van der Waals surface area contributed by atoms with Crippen molar-refractivity contribution in [1.82, 2.24) is 9.80 Å². The van der Waals surface area contributed by atoms with Gasteiger partial charge < -0.3 is 19.3 Å². The van der Waals surface area contributed by atoms with E-state index in [1.165, 1.54) is 5.56 Å². The quantitative estimate of drug-likeness (QED) is 0.831. The average Bonchev–Trinajstić information content (AvgIpc) is 3.16. The van der Waals surface area contributed by atoms with Gasteiger partial charge in [-0.15, -0.1) is 0 Å². The SMILES string of the molecule is CN(C)c1ccc(C(=O)N2CCN(Cc3ccc4c(c3)OCO4)CC2)cc1. The van der Waals surface area contributed by atoms with Crippen LogP contribution in [-0.4, -0.2) is 62.8 Å². The molecular weight excluding hydrogens is 342 g/mol. The lowest BCUT2D eigenvalue weighted by Gasteiger charge is -2.34. The number of hydrogen-bond donors (Lipinski definition) is 0. The van der Waals surface area contributed by atoms with Gasteiger partial charge in [-0.1, -0.05) is 6.07 Å². The van der Waals surface area contributed by atoms with Gasteiger partial charge in [-0.25, -0.2) is 0 Å². The number of nitrogens with zero attached hydrogens (tertiary/aromatic N) is 3. The van der Waals surface area contributed by atoms with Gasteiger partial charge in [-0.3, -0.25) is 9.69 Å². The van der Waals surface area contributed by atoms with E-state index in [9.17, 15) is 4.79 Å². The van der Waals surface area contributed by atoms with Gasteiger partial charge in [-0.05, 0) is 42.0 Å². The van der Waals surface area contributed by atoms with Crippen LogP contribution in [0.5, 0.6) is 11.5 Å². The van der Waals surface area contributed by atoms with Gasteiger partial charge in [0.15, 0.2) is 11.5 Å². The van der Waals surface area contributed by atoms with Crippen molar-refractivity contribution in [3.05, 3.63) is 53.6 Å². The molecule has 0 saturated carbocycles. The molecule has 0 aliphatic carbocycles.